The first kappa shape index (κ1) is 23.7. The molecule has 1 N–H and O–H groups in total. The number of hydrogen-bond acceptors (Lipinski definition) is 4. The van der Waals surface area contributed by atoms with Crippen LogP contribution in [-0.2, 0) is 14.8 Å². The number of halogens is 2. The molecule has 9 heteroatoms. The molecular formula is C22H26F2N2O3S2. The summed E-state index contributed by atoms with van der Waals surface area (Å²) in [6.07, 6.45) is 0.850. The second-order valence-corrected chi connectivity index (χ2v) is 10.8. The third-order valence-electron chi connectivity index (χ3n) is 5.36. The average Bonchev–Trinajstić information content (AvgIpc) is 2.75. The summed E-state index contributed by atoms with van der Waals surface area (Å²) in [6, 6.07) is 13.2. The van der Waals surface area contributed by atoms with E-state index in [-0.39, 0.29) is 29.8 Å². The number of nitrogens with one attached hydrogen (secondary N) is 1. The van der Waals surface area contributed by atoms with Crippen LogP contribution >= 0.6 is 11.8 Å². The molecule has 0 radical (unpaired) electrons. The molecule has 1 fully saturated rings. The summed E-state index contributed by atoms with van der Waals surface area (Å²) in [7, 11) is -3.59. The monoisotopic (exact) mass is 468 g/mol. The van der Waals surface area contributed by atoms with E-state index in [9.17, 15) is 22.0 Å². The van der Waals surface area contributed by atoms with Crippen molar-refractivity contribution in [2.45, 2.75) is 48.2 Å². The summed E-state index contributed by atoms with van der Waals surface area (Å²) in [6.45, 7) is 4.65. The van der Waals surface area contributed by atoms with E-state index in [1.165, 1.54) is 16.4 Å². The fraction of sp³-hybridized carbons (Fsp3) is 0.409. The maximum absolute atomic E-state index is 12.9. The molecule has 1 aliphatic heterocycles. The Labute approximate surface area is 186 Å². The van der Waals surface area contributed by atoms with Crippen molar-refractivity contribution in [3.63, 3.8) is 0 Å². The van der Waals surface area contributed by atoms with Crippen molar-refractivity contribution in [2.24, 2.45) is 5.92 Å². The third kappa shape index (κ3) is 6.05. The van der Waals surface area contributed by atoms with Crippen LogP contribution in [-0.4, -0.2) is 37.5 Å². The minimum Gasteiger partial charge on any atom is -0.326 e. The van der Waals surface area contributed by atoms with E-state index >= 15 is 0 Å². The number of carbonyl (C=O) groups is 1. The SMILES string of the molecule is CC(C)c1ccc(S(=O)(=O)N2CCC(C(=O)Nc3ccc(SC(F)F)cc3)CC2)cc1. The van der Waals surface area contributed by atoms with Gasteiger partial charge >= 0.3 is 0 Å². The normalized spacial score (nSPS) is 16.1. The van der Waals surface area contributed by atoms with Gasteiger partial charge in [-0.1, -0.05) is 37.7 Å². The van der Waals surface area contributed by atoms with E-state index in [0.29, 0.717) is 41.1 Å². The van der Waals surface area contributed by atoms with Gasteiger partial charge in [0, 0.05) is 29.6 Å². The molecule has 0 aromatic heterocycles. The summed E-state index contributed by atoms with van der Waals surface area (Å²) < 4.78 is 52.0. The zero-order valence-electron chi connectivity index (χ0n) is 17.4. The second kappa shape index (κ2) is 10.1. The standard InChI is InChI=1S/C22H26F2N2O3S2/c1-15(2)16-3-9-20(10-4-16)31(28,29)26-13-11-17(12-14-26)21(27)25-18-5-7-19(8-6-18)30-22(23)24/h3-10,15,17,22H,11-14H2,1-2H3,(H,25,27). The molecule has 2 aromatic rings. The highest BCUT2D eigenvalue weighted by molar-refractivity contribution is 7.99. The van der Waals surface area contributed by atoms with Gasteiger partial charge in [-0.2, -0.15) is 13.1 Å². The molecule has 168 valence electrons. The highest BCUT2D eigenvalue weighted by Gasteiger charge is 2.32. The molecule has 0 bridgehead atoms. The Morgan fingerprint density at radius 3 is 2.13 bits per heavy atom. The van der Waals surface area contributed by atoms with Gasteiger partial charge in [0.1, 0.15) is 0 Å². The number of thioether (sulfide) groups is 1. The van der Waals surface area contributed by atoms with Gasteiger partial charge in [-0.15, -0.1) is 0 Å². The van der Waals surface area contributed by atoms with Crippen LogP contribution in [0.15, 0.2) is 58.3 Å². The molecular weight excluding hydrogens is 442 g/mol. The van der Waals surface area contributed by atoms with Crippen LogP contribution in [0.4, 0.5) is 14.5 Å². The van der Waals surface area contributed by atoms with E-state index in [0.717, 1.165) is 5.56 Å². The first-order chi connectivity index (χ1) is 14.7. The zero-order valence-corrected chi connectivity index (χ0v) is 19.1. The highest BCUT2D eigenvalue weighted by atomic mass is 32.2. The van der Waals surface area contributed by atoms with Crippen molar-refractivity contribution in [2.75, 3.05) is 18.4 Å². The number of hydrogen-bond donors (Lipinski definition) is 1. The van der Waals surface area contributed by atoms with Gasteiger partial charge < -0.3 is 5.32 Å². The van der Waals surface area contributed by atoms with Gasteiger partial charge in [0.25, 0.3) is 5.76 Å². The van der Waals surface area contributed by atoms with E-state index < -0.39 is 15.8 Å². The molecule has 0 aliphatic carbocycles. The average molecular weight is 469 g/mol. The molecule has 1 amide bonds. The van der Waals surface area contributed by atoms with Crippen LogP contribution in [0, 0.1) is 5.92 Å². The van der Waals surface area contributed by atoms with Crippen LogP contribution in [0.3, 0.4) is 0 Å². The molecule has 0 saturated carbocycles. The minimum absolute atomic E-state index is 0.187. The van der Waals surface area contributed by atoms with Crippen molar-refractivity contribution >= 4 is 33.4 Å². The summed E-state index contributed by atoms with van der Waals surface area (Å²) in [5, 5.41) is 2.79. The summed E-state index contributed by atoms with van der Waals surface area (Å²) in [5.41, 5.74) is 1.61. The van der Waals surface area contributed by atoms with Crippen LogP contribution in [0.25, 0.3) is 0 Å². The topological polar surface area (TPSA) is 66.5 Å². The Morgan fingerprint density at radius 2 is 1.61 bits per heavy atom. The first-order valence-corrected chi connectivity index (χ1v) is 12.4. The number of anilines is 1. The van der Waals surface area contributed by atoms with Crippen molar-refractivity contribution in [1.29, 1.82) is 0 Å². The lowest BCUT2D eigenvalue weighted by molar-refractivity contribution is -0.120. The largest absolute Gasteiger partial charge is 0.326 e. The second-order valence-electron chi connectivity index (χ2n) is 7.79. The number of alkyl halides is 2. The Hall–Kier alpha value is -1.97. The lowest BCUT2D eigenvalue weighted by Gasteiger charge is -2.30. The molecule has 3 rings (SSSR count). The van der Waals surface area contributed by atoms with Crippen LogP contribution < -0.4 is 5.32 Å². The minimum atomic E-state index is -3.59. The van der Waals surface area contributed by atoms with Gasteiger partial charge in [0.05, 0.1) is 4.90 Å². The van der Waals surface area contributed by atoms with E-state index in [1.807, 2.05) is 12.1 Å². The third-order valence-corrected chi connectivity index (χ3v) is 7.99. The maximum Gasteiger partial charge on any atom is 0.288 e. The van der Waals surface area contributed by atoms with Gasteiger partial charge in [-0.3, -0.25) is 4.79 Å². The van der Waals surface area contributed by atoms with E-state index in [1.54, 1.807) is 24.3 Å². The number of rotatable bonds is 7. The predicted octanol–water partition coefficient (Wildman–Crippen LogP) is 5.16. The van der Waals surface area contributed by atoms with Crippen LogP contribution in [0.2, 0.25) is 0 Å². The molecule has 0 spiro atoms. The number of benzene rings is 2. The lowest BCUT2D eigenvalue weighted by atomic mass is 9.97. The summed E-state index contributed by atoms with van der Waals surface area (Å²) in [5.74, 6) is -2.65. The smallest absolute Gasteiger partial charge is 0.288 e. The van der Waals surface area contributed by atoms with Gasteiger partial charge in [0.2, 0.25) is 15.9 Å². The van der Waals surface area contributed by atoms with Crippen molar-refractivity contribution in [1.82, 2.24) is 4.31 Å². The number of piperidine rings is 1. The lowest BCUT2D eigenvalue weighted by Crippen LogP contribution is -2.41. The summed E-state index contributed by atoms with van der Waals surface area (Å²) >= 11 is 0.448. The Balaban J connectivity index is 1.56. The van der Waals surface area contributed by atoms with Gasteiger partial charge in [-0.25, -0.2) is 8.42 Å². The first-order valence-electron chi connectivity index (χ1n) is 10.1. The molecule has 1 saturated heterocycles. The number of sulfonamides is 1. The number of nitrogens with zero attached hydrogens (tertiary/aromatic N) is 1. The molecule has 0 atom stereocenters. The highest BCUT2D eigenvalue weighted by Crippen LogP contribution is 2.28. The van der Waals surface area contributed by atoms with Gasteiger partial charge in [-0.05, 0) is 60.7 Å². The molecule has 2 aromatic carbocycles. The number of amides is 1. The van der Waals surface area contributed by atoms with Crippen molar-refractivity contribution in [3.05, 3.63) is 54.1 Å². The maximum atomic E-state index is 12.9. The Kier molecular flexibility index (Phi) is 7.72. The Morgan fingerprint density at radius 1 is 1.03 bits per heavy atom. The molecule has 1 aliphatic rings. The molecule has 5 nitrogen and oxygen atoms in total. The zero-order chi connectivity index (χ0) is 22.6. The molecule has 1 heterocycles. The van der Waals surface area contributed by atoms with Crippen LogP contribution in [0.1, 0.15) is 38.2 Å². The summed E-state index contributed by atoms with van der Waals surface area (Å²) in [4.78, 5) is 13.2. The fourth-order valence-corrected chi connectivity index (χ4v) is 5.46. The van der Waals surface area contributed by atoms with E-state index in [4.69, 9.17) is 0 Å². The quantitative estimate of drug-likeness (QED) is 0.570. The molecule has 0 unspecified atom stereocenters. The fourth-order valence-electron chi connectivity index (χ4n) is 3.50. The predicted molar refractivity (Wildman–Crippen MR) is 119 cm³/mol. The van der Waals surface area contributed by atoms with Crippen molar-refractivity contribution in [3.8, 4) is 0 Å². The van der Waals surface area contributed by atoms with Gasteiger partial charge in [0.15, 0.2) is 0 Å². The van der Waals surface area contributed by atoms with E-state index in [2.05, 4.69) is 19.2 Å². The molecule has 31 heavy (non-hydrogen) atoms. The van der Waals surface area contributed by atoms with Crippen LogP contribution in [0.5, 0.6) is 0 Å². The number of carbonyl (C=O) groups excluding carboxylic acids is 1. The van der Waals surface area contributed by atoms with Crippen molar-refractivity contribution < 1.29 is 22.0 Å². The Bertz CT molecular complexity index is 986.